The number of hydrogen-bond acceptors (Lipinski definition) is 5. The molecule has 1 saturated heterocycles. The Bertz CT molecular complexity index is 968. The third-order valence-electron chi connectivity index (χ3n) is 5.43. The van der Waals surface area contributed by atoms with Gasteiger partial charge < -0.3 is 10.1 Å². The number of carbonyl (C=O) groups is 1. The molecule has 1 heterocycles. The highest BCUT2D eigenvalue weighted by Crippen LogP contribution is 2.31. The summed E-state index contributed by atoms with van der Waals surface area (Å²) in [5, 5.41) is 3.01. The third kappa shape index (κ3) is 4.83. The van der Waals surface area contributed by atoms with E-state index < -0.39 is 10.0 Å². The van der Waals surface area contributed by atoms with E-state index in [1.807, 2.05) is 24.3 Å². The van der Waals surface area contributed by atoms with Gasteiger partial charge in [-0.15, -0.1) is 0 Å². The summed E-state index contributed by atoms with van der Waals surface area (Å²) in [7, 11) is 1.09. The molecule has 0 unspecified atom stereocenters. The molecule has 162 valence electrons. The zero-order valence-corrected chi connectivity index (χ0v) is 18.5. The number of benzene rings is 2. The normalized spacial score (nSPS) is 15.9. The van der Waals surface area contributed by atoms with Gasteiger partial charge in [-0.3, -0.25) is 9.69 Å². The van der Waals surface area contributed by atoms with Gasteiger partial charge in [0.2, 0.25) is 10.0 Å². The van der Waals surface area contributed by atoms with Crippen LogP contribution in [-0.2, 0) is 10.0 Å². The van der Waals surface area contributed by atoms with Crippen molar-refractivity contribution in [2.75, 3.05) is 40.8 Å². The van der Waals surface area contributed by atoms with E-state index in [4.69, 9.17) is 4.74 Å². The van der Waals surface area contributed by atoms with Gasteiger partial charge in [-0.25, -0.2) is 12.7 Å². The van der Waals surface area contributed by atoms with Gasteiger partial charge in [-0.2, -0.15) is 0 Å². The lowest BCUT2D eigenvalue weighted by Gasteiger charge is -2.29. The summed E-state index contributed by atoms with van der Waals surface area (Å²) in [6, 6.07) is 13.9. The highest BCUT2D eigenvalue weighted by Gasteiger charge is 2.26. The minimum Gasteiger partial charge on any atom is -0.496 e. The van der Waals surface area contributed by atoms with Gasteiger partial charge in [-0.1, -0.05) is 18.2 Å². The van der Waals surface area contributed by atoms with Crippen LogP contribution in [0.5, 0.6) is 5.75 Å². The quantitative estimate of drug-likeness (QED) is 0.695. The second kappa shape index (κ2) is 9.59. The van der Waals surface area contributed by atoms with Crippen LogP contribution in [0.25, 0.3) is 0 Å². The number of likely N-dealkylation sites (tertiary alicyclic amines) is 1. The Morgan fingerprint density at radius 2 is 1.73 bits per heavy atom. The molecule has 30 heavy (non-hydrogen) atoms. The summed E-state index contributed by atoms with van der Waals surface area (Å²) in [6.07, 6.45) is 2.28. The maximum absolute atomic E-state index is 12.7. The van der Waals surface area contributed by atoms with Gasteiger partial charge in [0, 0.05) is 31.8 Å². The molecule has 2 aromatic rings. The first-order valence-corrected chi connectivity index (χ1v) is 11.5. The number of nitrogens with zero attached hydrogens (tertiary/aromatic N) is 2. The zero-order valence-electron chi connectivity index (χ0n) is 17.7. The summed E-state index contributed by atoms with van der Waals surface area (Å²) in [4.78, 5) is 15.3. The minimum absolute atomic E-state index is 0.0148. The Kier molecular flexibility index (Phi) is 7.12. The van der Waals surface area contributed by atoms with E-state index in [2.05, 4.69) is 10.2 Å². The Morgan fingerprint density at radius 1 is 1.10 bits per heavy atom. The molecule has 1 amide bonds. The number of nitrogens with one attached hydrogen (secondary N) is 1. The molecule has 1 fully saturated rings. The van der Waals surface area contributed by atoms with E-state index in [-0.39, 0.29) is 16.8 Å². The van der Waals surface area contributed by atoms with Crippen molar-refractivity contribution >= 4 is 15.9 Å². The molecule has 0 radical (unpaired) electrons. The number of hydrogen-bond donors (Lipinski definition) is 1. The molecule has 7 nitrogen and oxygen atoms in total. The van der Waals surface area contributed by atoms with E-state index in [1.54, 1.807) is 19.2 Å². The summed E-state index contributed by atoms with van der Waals surface area (Å²) in [5.74, 6) is 0.574. The lowest BCUT2D eigenvalue weighted by molar-refractivity contribution is 0.0937. The average Bonchev–Trinajstić information content (AvgIpc) is 3.28. The molecule has 8 heteroatoms. The fraction of sp³-hybridized carbons (Fsp3) is 0.409. The van der Waals surface area contributed by atoms with Crippen LogP contribution in [0.15, 0.2) is 53.4 Å². The van der Waals surface area contributed by atoms with Crippen LogP contribution in [0.4, 0.5) is 0 Å². The van der Waals surface area contributed by atoms with Crippen molar-refractivity contribution in [3.05, 3.63) is 59.7 Å². The fourth-order valence-electron chi connectivity index (χ4n) is 3.71. The van der Waals surface area contributed by atoms with Crippen LogP contribution in [0.3, 0.4) is 0 Å². The van der Waals surface area contributed by atoms with Crippen molar-refractivity contribution in [1.29, 1.82) is 0 Å². The predicted octanol–water partition coefficient (Wildman–Crippen LogP) is 2.51. The lowest BCUT2D eigenvalue weighted by atomic mass is 10.0. The molecule has 2 aromatic carbocycles. The largest absolute Gasteiger partial charge is 0.496 e. The van der Waals surface area contributed by atoms with Crippen molar-refractivity contribution < 1.29 is 17.9 Å². The van der Waals surface area contributed by atoms with E-state index in [1.165, 1.54) is 26.2 Å². The molecule has 1 atom stereocenters. The molecule has 1 aliphatic rings. The van der Waals surface area contributed by atoms with Crippen LogP contribution < -0.4 is 10.1 Å². The Morgan fingerprint density at radius 3 is 2.33 bits per heavy atom. The summed E-state index contributed by atoms with van der Waals surface area (Å²) in [6.45, 7) is 2.41. The van der Waals surface area contributed by atoms with Gasteiger partial charge in [0.15, 0.2) is 0 Å². The Hall–Kier alpha value is -2.42. The molecular weight excluding hydrogens is 402 g/mol. The predicted molar refractivity (Wildman–Crippen MR) is 116 cm³/mol. The van der Waals surface area contributed by atoms with Gasteiger partial charge in [-0.05, 0) is 56.3 Å². The molecule has 0 aliphatic carbocycles. The number of rotatable bonds is 8. The van der Waals surface area contributed by atoms with Crippen LogP contribution in [0.1, 0.15) is 34.8 Å². The molecule has 0 aromatic heterocycles. The first kappa shape index (κ1) is 22.3. The second-order valence-electron chi connectivity index (χ2n) is 7.52. The Labute approximate surface area is 178 Å². The molecule has 1 N–H and O–H groups in total. The highest BCUT2D eigenvalue weighted by atomic mass is 32.2. The lowest BCUT2D eigenvalue weighted by Crippen LogP contribution is -2.37. The molecule has 3 rings (SSSR count). The van der Waals surface area contributed by atoms with Gasteiger partial charge >= 0.3 is 0 Å². The Balaban J connectivity index is 1.75. The van der Waals surface area contributed by atoms with E-state index in [0.29, 0.717) is 12.1 Å². The van der Waals surface area contributed by atoms with Gasteiger partial charge in [0.05, 0.1) is 18.0 Å². The monoisotopic (exact) mass is 431 g/mol. The first-order valence-electron chi connectivity index (χ1n) is 10.0. The molecule has 0 saturated carbocycles. The summed E-state index contributed by atoms with van der Waals surface area (Å²) < 4.78 is 31.1. The van der Waals surface area contributed by atoms with E-state index in [9.17, 15) is 13.2 Å². The van der Waals surface area contributed by atoms with Crippen molar-refractivity contribution in [2.24, 2.45) is 0 Å². The highest BCUT2D eigenvalue weighted by molar-refractivity contribution is 7.89. The molecular formula is C22H29N3O4S. The van der Waals surface area contributed by atoms with Crippen molar-refractivity contribution in [3.63, 3.8) is 0 Å². The van der Waals surface area contributed by atoms with Gasteiger partial charge in [0.25, 0.3) is 5.91 Å². The standard InChI is InChI=1S/C22H29N3O4S/c1-24(2)30(27,28)18-12-10-17(11-13-18)22(26)23-16-20(25-14-6-7-15-25)19-8-4-5-9-21(19)29-3/h4-5,8-13,20H,6-7,14-16H2,1-3H3,(H,23,26)/t20-/m1/s1. The van der Waals surface area contributed by atoms with Crippen molar-refractivity contribution in [1.82, 2.24) is 14.5 Å². The van der Waals surface area contributed by atoms with Crippen molar-refractivity contribution in [3.8, 4) is 5.75 Å². The number of sulfonamides is 1. The zero-order chi connectivity index (χ0) is 21.7. The topological polar surface area (TPSA) is 78.9 Å². The minimum atomic E-state index is -3.52. The molecule has 0 bridgehead atoms. The number of carbonyl (C=O) groups excluding carboxylic acids is 1. The number of ether oxygens (including phenoxy) is 1. The van der Waals surface area contributed by atoms with Crippen LogP contribution in [0, 0.1) is 0 Å². The first-order chi connectivity index (χ1) is 14.3. The van der Waals surface area contributed by atoms with Crippen LogP contribution in [0.2, 0.25) is 0 Å². The second-order valence-corrected chi connectivity index (χ2v) is 9.67. The maximum atomic E-state index is 12.7. The number of amides is 1. The smallest absolute Gasteiger partial charge is 0.251 e. The molecule has 0 spiro atoms. The van der Waals surface area contributed by atoms with E-state index >= 15 is 0 Å². The van der Waals surface area contributed by atoms with Crippen LogP contribution in [-0.4, -0.2) is 64.4 Å². The van der Waals surface area contributed by atoms with Gasteiger partial charge in [0.1, 0.15) is 5.75 Å². The van der Waals surface area contributed by atoms with Crippen LogP contribution >= 0.6 is 0 Å². The van der Waals surface area contributed by atoms with Crippen molar-refractivity contribution in [2.45, 2.75) is 23.8 Å². The van der Waals surface area contributed by atoms with E-state index in [0.717, 1.165) is 41.5 Å². The average molecular weight is 432 g/mol. The fourth-order valence-corrected chi connectivity index (χ4v) is 4.61. The summed E-state index contributed by atoms with van der Waals surface area (Å²) >= 11 is 0. The third-order valence-corrected chi connectivity index (χ3v) is 7.26. The maximum Gasteiger partial charge on any atom is 0.251 e. The summed E-state index contributed by atoms with van der Waals surface area (Å²) in [5.41, 5.74) is 1.47. The SMILES string of the molecule is COc1ccccc1[C@@H](CNC(=O)c1ccc(S(=O)(=O)N(C)C)cc1)N1CCCC1. The number of methoxy groups -OCH3 is 1. The molecule has 1 aliphatic heterocycles. The number of para-hydroxylation sites is 1.